The van der Waals surface area contributed by atoms with Gasteiger partial charge in [0.2, 0.25) is 5.95 Å². The zero-order valence-electron chi connectivity index (χ0n) is 21.4. The lowest BCUT2D eigenvalue weighted by atomic mass is 10.0. The number of methoxy groups -OCH3 is 1. The van der Waals surface area contributed by atoms with Crippen LogP contribution in [0.5, 0.6) is 5.75 Å². The molecular formula is C26H33ClN6O2S. The van der Waals surface area contributed by atoms with Crippen LogP contribution in [0, 0.1) is 6.92 Å². The third-order valence-corrected chi connectivity index (χ3v) is 6.57. The van der Waals surface area contributed by atoms with Gasteiger partial charge in [-0.25, -0.2) is 4.98 Å². The molecule has 36 heavy (non-hydrogen) atoms. The maximum Gasteiger partial charge on any atom is 0.253 e. The molecule has 0 aliphatic rings. The molecule has 0 aliphatic heterocycles. The van der Waals surface area contributed by atoms with Crippen molar-refractivity contribution in [3.05, 3.63) is 64.3 Å². The van der Waals surface area contributed by atoms with Gasteiger partial charge in [-0.05, 0) is 69.6 Å². The number of aryl methyl sites for hydroxylation is 1. The molecule has 1 aromatic heterocycles. The summed E-state index contributed by atoms with van der Waals surface area (Å²) in [5.74, 6) is 1.17. The molecule has 1 heterocycles. The van der Waals surface area contributed by atoms with E-state index < -0.39 is 0 Å². The number of thiol groups is 1. The summed E-state index contributed by atoms with van der Waals surface area (Å²) < 4.78 is 5.66. The molecule has 3 rings (SSSR count). The topological polar surface area (TPSA) is 91.4 Å². The smallest absolute Gasteiger partial charge is 0.253 e. The normalized spacial score (nSPS) is 11.4. The summed E-state index contributed by atoms with van der Waals surface area (Å²) in [7, 11) is 5.28. The quantitative estimate of drug-likeness (QED) is 0.206. The van der Waals surface area contributed by atoms with E-state index in [1.54, 1.807) is 32.4 Å². The summed E-state index contributed by atoms with van der Waals surface area (Å²) in [6.07, 6.45) is 2.36. The molecule has 0 bridgehead atoms. The molecule has 0 spiro atoms. The number of hydrogen-bond donors (Lipinski definition) is 4. The highest BCUT2D eigenvalue weighted by Gasteiger charge is 2.19. The van der Waals surface area contributed by atoms with Crippen molar-refractivity contribution < 1.29 is 9.53 Å². The minimum absolute atomic E-state index is 0.196. The van der Waals surface area contributed by atoms with Crippen LogP contribution in [0.1, 0.15) is 35.3 Å². The maximum absolute atomic E-state index is 12.2. The number of rotatable bonds is 10. The molecule has 0 unspecified atom stereocenters. The Labute approximate surface area is 223 Å². The van der Waals surface area contributed by atoms with Gasteiger partial charge in [0.15, 0.2) is 5.82 Å². The van der Waals surface area contributed by atoms with Gasteiger partial charge in [-0.15, -0.1) is 0 Å². The van der Waals surface area contributed by atoms with Crippen molar-refractivity contribution in [3.63, 3.8) is 0 Å². The summed E-state index contributed by atoms with van der Waals surface area (Å²) in [5.41, 5.74) is 4.10. The van der Waals surface area contributed by atoms with E-state index in [2.05, 4.69) is 71.3 Å². The van der Waals surface area contributed by atoms with Gasteiger partial charge < -0.3 is 20.7 Å². The molecule has 0 fully saturated rings. The first kappa shape index (κ1) is 27.6. The van der Waals surface area contributed by atoms with Gasteiger partial charge in [0.05, 0.1) is 35.1 Å². The van der Waals surface area contributed by atoms with Crippen molar-refractivity contribution in [2.45, 2.75) is 32.1 Å². The van der Waals surface area contributed by atoms with Gasteiger partial charge in [0, 0.05) is 13.6 Å². The van der Waals surface area contributed by atoms with Crippen molar-refractivity contribution >= 4 is 53.3 Å². The fraction of sp³-hybridized carbons (Fsp3) is 0.346. The number of carbonyl (C=O) groups excluding carboxylic acids is 1. The number of nitrogens with one attached hydrogen (secondary N) is 3. The number of nitrogens with zero attached hydrogens (tertiary/aromatic N) is 3. The molecule has 1 amide bonds. The number of amides is 1. The van der Waals surface area contributed by atoms with Crippen LogP contribution in [0.25, 0.3) is 0 Å². The van der Waals surface area contributed by atoms with Gasteiger partial charge in [0.1, 0.15) is 10.8 Å². The van der Waals surface area contributed by atoms with Crippen LogP contribution in [0.4, 0.5) is 23.1 Å². The molecule has 10 heteroatoms. The Hall–Kier alpha value is -3.01. The van der Waals surface area contributed by atoms with Crippen molar-refractivity contribution in [1.29, 1.82) is 0 Å². The Kier molecular flexibility index (Phi) is 9.05. The van der Waals surface area contributed by atoms with E-state index in [0.717, 1.165) is 24.2 Å². The second kappa shape index (κ2) is 11.8. The van der Waals surface area contributed by atoms with Crippen LogP contribution >= 0.6 is 24.2 Å². The Bertz CT molecular complexity index is 1230. The van der Waals surface area contributed by atoms with Gasteiger partial charge >= 0.3 is 0 Å². The Morgan fingerprint density at radius 3 is 2.58 bits per heavy atom. The van der Waals surface area contributed by atoms with Crippen LogP contribution in [0.3, 0.4) is 0 Å². The summed E-state index contributed by atoms with van der Waals surface area (Å²) in [5, 5.41) is 9.33. The van der Waals surface area contributed by atoms with Crippen LogP contribution in [0.15, 0.2) is 42.6 Å². The first-order valence-corrected chi connectivity index (χ1v) is 12.3. The molecule has 8 nitrogen and oxygen atoms in total. The van der Waals surface area contributed by atoms with Gasteiger partial charge in [0.25, 0.3) is 5.91 Å². The van der Waals surface area contributed by atoms with Crippen molar-refractivity contribution in [2.24, 2.45) is 0 Å². The summed E-state index contributed by atoms with van der Waals surface area (Å²) in [4.78, 5) is 23.1. The molecular weight excluding hydrogens is 496 g/mol. The number of carbonyl (C=O) groups is 1. The monoisotopic (exact) mass is 528 g/mol. The lowest BCUT2D eigenvalue weighted by molar-refractivity contribution is 0.0964. The number of para-hydroxylation sites is 1. The number of ether oxygens (including phenoxy) is 1. The van der Waals surface area contributed by atoms with Crippen LogP contribution < -0.4 is 20.7 Å². The molecule has 192 valence electrons. The molecule has 3 N–H and O–H groups in total. The number of hydrogen-bond acceptors (Lipinski definition) is 8. The van der Waals surface area contributed by atoms with E-state index in [1.165, 1.54) is 11.8 Å². The number of aromatic nitrogens is 2. The number of benzene rings is 2. The molecule has 0 radical (unpaired) electrons. The highest BCUT2D eigenvalue weighted by molar-refractivity contribution is 7.81. The van der Waals surface area contributed by atoms with Crippen molar-refractivity contribution in [2.75, 3.05) is 38.4 Å². The molecule has 0 saturated heterocycles. The summed E-state index contributed by atoms with van der Waals surface area (Å²) >= 11 is 11.0. The van der Waals surface area contributed by atoms with Crippen LogP contribution in [-0.4, -0.2) is 53.4 Å². The Morgan fingerprint density at radius 1 is 1.19 bits per heavy atom. The minimum Gasteiger partial charge on any atom is -0.495 e. The average Bonchev–Trinajstić information content (AvgIpc) is 2.84. The SMILES string of the molecule is CNC(=O)c1ccccc1Nc1nc(Nc2cc(C)c(CCN(C)C(C)(C)S)cc2OC)ncc1Cl. The third-order valence-electron chi connectivity index (χ3n) is 5.95. The first-order valence-electron chi connectivity index (χ1n) is 11.5. The molecule has 2 aromatic carbocycles. The zero-order valence-corrected chi connectivity index (χ0v) is 23.1. The standard InChI is InChI=1S/C26H33ClN6O2S/c1-16-13-21(22(35-6)14-17(16)11-12-33(5)26(2,3)36)31-25-29-15-19(27)23(32-25)30-20-10-8-7-9-18(20)24(34)28-4/h7-10,13-15,36H,11-12H2,1-6H3,(H,28,34)(H2,29,30,31,32). The lowest BCUT2D eigenvalue weighted by Gasteiger charge is -2.31. The minimum atomic E-state index is -0.217. The number of halogens is 1. The fourth-order valence-corrected chi connectivity index (χ4v) is 3.75. The fourth-order valence-electron chi connectivity index (χ4n) is 3.52. The lowest BCUT2D eigenvalue weighted by Crippen LogP contribution is -2.37. The van der Waals surface area contributed by atoms with E-state index in [9.17, 15) is 4.79 Å². The number of anilines is 4. The van der Waals surface area contributed by atoms with E-state index in [1.807, 2.05) is 18.2 Å². The third kappa shape index (κ3) is 6.81. The van der Waals surface area contributed by atoms with E-state index >= 15 is 0 Å². The Morgan fingerprint density at radius 2 is 1.92 bits per heavy atom. The second-order valence-corrected chi connectivity index (χ2v) is 10.4. The van der Waals surface area contributed by atoms with Crippen LogP contribution in [-0.2, 0) is 6.42 Å². The number of likely N-dealkylation sites (N-methyl/N-ethyl adjacent to an activating group) is 1. The van der Waals surface area contributed by atoms with E-state index in [-0.39, 0.29) is 10.8 Å². The largest absolute Gasteiger partial charge is 0.495 e. The highest BCUT2D eigenvalue weighted by atomic mass is 35.5. The molecule has 0 saturated carbocycles. The zero-order chi connectivity index (χ0) is 26.5. The van der Waals surface area contributed by atoms with Crippen molar-refractivity contribution in [3.8, 4) is 5.75 Å². The predicted octanol–water partition coefficient (Wildman–Crippen LogP) is 5.43. The van der Waals surface area contributed by atoms with E-state index in [0.29, 0.717) is 33.8 Å². The van der Waals surface area contributed by atoms with Gasteiger partial charge in [-0.2, -0.15) is 17.6 Å². The van der Waals surface area contributed by atoms with Gasteiger partial charge in [-0.3, -0.25) is 9.69 Å². The van der Waals surface area contributed by atoms with Gasteiger partial charge in [-0.1, -0.05) is 23.7 Å². The van der Waals surface area contributed by atoms with Crippen LogP contribution in [0.2, 0.25) is 5.02 Å². The molecule has 0 aliphatic carbocycles. The summed E-state index contributed by atoms with van der Waals surface area (Å²) in [6, 6.07) is 11.2. The van der Waals surface area contributed by atoms with Crippen molar-refractivity contribution in [1.82, 2.24) is 20.2 Å². The molecule has 0 atom stereocenters. The maximum atomic E-state index is 12.2. The first-order chi connectivity index (χ1) is 17.0. The van der Waals surface area contributed by atoms with E-state index in [4.69, 9.17) is 16.3 Å². The molecule has 3 aromatic rings. The second-order valence-electron chi connectivity index (χ2n) is 8.91. The Balaban J connectivity index is 1.84. The summed E-state index contributed by atoms with van der Waals surface area (Å²) in [6.45, 7) is 7.07. The predicted molar refractivity (Wildman–Crippen MR) is 151 cm³/mol. The highest BCUT2D eigenvalue weighted by Crippen LogP contribution is 2.32. The average molecular weight is 529 g/mol.